The maximum absolute atomic E-state index is 12.7. The van der Waals surface area contributed by atoms with Crippen molar-refractivity contribution in [1.82, 2.24) is 14.5 Å². The minimum atomic E-state index is -3.55. The minimum absolute atomic E-state index is 0.0930. The molecule has 2 aliphatic rings. The number of hydrogen-bond acceptors (Lipinski definition) is 4. The highest BCUT2D eigenvalue weighted by atomic mass is 32.2. The third-order valence-corrected chi connectivity index (χ3v) is 6.08. The fourth-order valence-electron chi connectivity index (χ4n) is 2.86. The fraction of sp³-hybridized carbons (Fsp3) is 0.588. The summed E-state index contributed by atoms with van der Waals surface area (Å²) in [5.41, 5.74) is 0.439. The van der Waals surface area contributed by atoms with Crippen LogP contribution in [0.4, 0.5) is 0 Å². The molecule has 1 saturated heterocycles. The van der Waals surface area contributed by atoms with Gasteiger partial charge in [0.05, 0.1) is 4.90 Å². The Hall–Kier alpha value is -1.44. The Morgan fingerprint density at radius 3 is 2.75 bits per heavy atom. The molecule has 1 N–H and O–H groups in total. The summed E-state index contributed by atoms with van der Waals surface area (Å²) < 4.78 is 27.4. The molecular weight excluding hydrogens is 326 g/mol. The lowest BCUT2D eigenvalue weighted by Crippen LogP contribution is -2.34. The Bertz CT molecular complexity index is 701. The second kappa shape index (κ2) is 7.21. The van der Waals surface area contributed by atoms with Crippen LogP contribution in [-0.4, -0.2) is 63.9 Å². The van der Waals surface area contributed by atoms with E-state index < -0.39 is 10.0 Å². The molecule has 0 unspecified atom stereocenters. The van der Waals surface area contributed by atoms with Crippen LogP contribution >= 0.6 is 0 Å². The zero-order valence-corrected chi connectivity index (χ0v) is 14.9. The van der Waals surface area contributed by atoms with Gasteiger partial charge in [0.1, 0.15) is 0 Å². The van der Waals surface area contributed by atoms with E-state index in [0.29, 0.717) is 31.1 Å². The summed E-state index contributed by atoms with van der Waals surface area (Å²) in [7, 11) is -1.50. The summed E-state index contributed by atoms with van der Waals surface area (Å²) in [5, 5.41) is 0. The number of likely N-dealkylation sites (N-methyl/N-ethyl adjacent to an activating group) is 1. The molecule has 1 saturated carbocycles. The third kappa shape index (κ3) is 4.34. The van der Waals surface area contributed by atoms with Gasteiger partial charge in [-0.05, 0) is 57.0 Å². The van der Waals surface area contributed by atoms with Crippen molar-refractivity contribution in [2.24, 2.45) is 5.92 Å². The summed E-state index contributed by atoms with van der Waals surface area (Å²) in [5.74, 6) is 0.378. The van der Waals surface area contributed by atoms with Crippen LogP contribution in [0.1, 0.15) is 29.6 Å². The van der Waals surface area contributed by atoms with E-state index in [1.807, 2.05) is 11.9 Å². The van der Waals surface area contributed by atoms with Crippen molar-refractivity contribution in [1.29, 1.82) is 0 Å². The van der Waals surface area contributed by atoms with Crippen LogP contribution in [0.5, 0.6) is 0 Å². The van der Waals surface area contributed by atoms with Gasteiger partial charge in [-0.2, -0.15) is 0 Å². The molecular formula is C17H25N3O3S. The number of rotatable bonds is 5. The molecule has 0 aromatic heterocycles. The van der Waals surface area contributed by atoms with E-state index in [1.165, 1.54) is 6.07 Å². The summed E-state index contributed by atoms with van der Waals surface area (Å²) in [6.07, 6.45) is 3.11. The number of nitrogens with one attached hydrogen (secondary N) is 1. The number of benzene rings is 1. The van der Waals surface area contributed by atoms with Gasteiger partial charge in [-0.1, -0.05) is 6.07 Å². The molecule has 132 valence electrons. The van der Waals surface area contributed by atoms with Crippen molar-refractivity contribution < 1.29 is 13.2 Å². The van der Waals surface area contributed by atoms with Gasteiger partial charge in [0.25, 0.3) is 5.91 Å². The zero-order valence-electron chi connectivity index (χ0n) is 14.1. The summed E-state index contributed by atoms with van der Waals surface area (Å²) in [4.78, 5) is 16.9. The zero-order chi connectivity index (χ0) is 17.2. The van der Waals surface area contributed by atoms with Crippen molar-refractivity contribution >= 4 is 15.9 Å². The highest BCUT2D eigenvalue weighted by Gasteiger charge is 2.25. The van der Waals surface area contributed by atoms with Gasteiger partial charge in [-0.3, -0.25) is 4.79 Å². The van der Waals surface area contributed by atoms with Crippen LogP contribution in [-0.2, 0) is 10.0 Å². The standard InChI is InChI=1S/C17H25N3O3S/c1-19-8-3-9-20(11-10-19)17(21)15-4-2-5-16(12-15)24(22,23)18-13-14-6-7-14/h2,4-5,12,14,18H,3,6-11,13H2,1H3. The molecule has 1 heterocycles. The minimum Gasteiger partial charge on any atom is -0.337 e. The van der Waals surface area contributed by atoms with Gasteiger partial charge in [-0.25, -0.2) is 13.1 Å². The summed E-state index contributed by atoms with van der Waals surface area (Å²) in [6.45, 7) is 3.68. The van der Waals surface area contributed by atoms with E-state index >= 15 is 0 Å². The van der Waals surface area contributed by atoms with Crippen LogP contribution in [0.15, 0.2) is 29.2 Å². The van der Waals surface area contributed by atoms with Crippen LogP contribution in [0.3, 0.4) is 0 Å². The molecule has 24 heavy (non-hydrogen) atoms. The van der Waals surface area contributed by atoms with Gasteiger partial charge in [-0.15, -0.1) is 0 Å². The van der Waals surface area contributed by atoms with Crippen molar-refractivity contribution in [3.05, 3.63) is 29.8 Å². The molecule has 1 aromatic carbocycles. The highest BCUT2D eigenvalue weighted by molar-refractivity contribution is 7.89. The van der Waals surface area contributed by atoms with Crippen LogP contribution in [0.2, 0.25) is 0 Å². The quantitative estimate of drug-likeness (QED) is 0.864. The number of nitrogens with zero attached hydrogens (tertiary/aromatic N) is 2. The molecule has 1 aliphatic carbocycles. The SMILES string of the molecule is CN1CCCN(C(=O)c2cccc(S(=O)(=O)NCC3CC3)c2)CC1. The molecule has 1 aromatic rings. The molecule has 0 radical (unpaired) electrons. The second-order valence-electron chi connectivity index (χ2n) is 6.77. The smallest absolute Gasteiger partial charge is 0.253 e. The molecule has 6 nitrogen and oxygen atoms in total. The van der Waals surface area contributed by atoms with Gasteiger partial charge >= 0.3 is 0 Å². The number of carbonyl (C=O) groups excluding carboxylic acids is 1. The third-order valence-electron chi connectivity index (χ3n) is 4.66. The topological polar surface area (TPSA) is 69.7 Å². The Balaban J connectivity index is 1.72. The molecule has 2 fully saturated rings. The van der Waals surface area contributed by atoms with E-state index in [4.69, 9.17) is 0 Å². The first-order valence-corrected chi connectivity index (χ1v) is 10.0. The fourth-order valence-corrected chi connectivity index (χ4v) is 4.02. The van der Waals surface area contributed by atoms with Gasteiger partial charge in [0.2, 0.25) is 10.0 Å². The predicted molar refractivity (Wildman–Crippen MR) is 92.4 cm³/mol. The average molecular weight is 351 g/mol. The maximum Gasteiger partial charge on any atom is 0.253 e. The van der Waals surface area contributed by atoms with E-state index in [1.54, 1.807) is 18.2 Å². The van der Waals surface area contributed by atoms with Crippen molar-refractivity contribution in [2.45, 2.75) is 24.2 Å². The van der Waals surface area contributed by atoms with E-state index in [0.717, 1.165) is 32.4 Å². The molecule has 1 aliphatic heterocycles. The predicted octanol–water partition coefficient (Wildman–Crippen LogP) is 1.15. The lowest BCUT2D eigenvalue weighted by molar-refractivity contribution is 0.0762. The van der Waals surface area contributed by atoms with Gasteiger partial charge in [0, 0.05) is 31.7 Å². The average Bonchev–Trinajstić information content (AvgIpc) is 3.40. The number of hydrogen-bond donors (Lipinski definition) is 1. The Labute approximate surface area is 143 Å². The molecule has 0 atom stereocenters. The molecule has 3 rings (SSSR count). The van der Waals surface area contributed by atoms with Crippen LogP contribution in [0.25, 0.3) is 0 Å². The van der Waals surface area contributed by atoms with Gasteiger partial charge in [0.15, 0.2) is 0 Å². The first-order valence-electron chi connectivity index (χ1n) is 8.53. The van der Waals surface area contributed by atoms with Crippen LogP contribution < -0.4 is 4.72 Å². The van der Waals surface area contributed by atoms with E-state index in [-0.39, 0.29) is 10.8 Å². The monoisotopic (exact) mass is 351 g/mol. The van der Waals surface area contributed by atoms with E-state index in [9.17, 15) is 13.2 Å². The number of amides is 1. The number of sulfonamides is 1. The molecule has 0 spiro atoms. The summed E-state index contributed by atoms with van der Waals surface area (Å²) >= 11 is 0. The Morgan fingerprint density at radius 2 is 2.00 bits per heavy atom. The lowest BCUT2D eigenvalue weighted by Gasteiger charge is -2.21. The normalized spacial score (nSPS) is 20.0. The molecule has 1 amide bonds. The first kappa shape index (κ1) is 17.4. The summed E-state index contributed by atoms with van der Waals surface area (Å²) in [6, 6.07) is 6.37. The van der Waals surface area contributed by atoms with E-state index in [2.05, 4.69) is 9.62 Å². The van der Waals surface area contributed by atoms with Crippen LogP contribution in [0, 0.1) is 5.92 Å². The highest BCUT2D eigenvalue weighted by Crippen LogP contribution is 2.28. The lowest BCUT2D eigenvalue weighted by atomic mass is 10.2. The molecule has 7 heteroatoms. The van der Waals surface area contributed by atoms with Crippen molar-refractivity contribution in [2.75, 3.05) is 39.8 Å². The first-order chi connectivity index (χ1) is 11.5. The Morgan fingerprint density at radius 1 is 1.21 bits per heavy atom. The second-order valence-corrected chi connectivity index (χ2v) is 8.54. The van der Waals surface area contributed by atoms with Gasteiger partial charge < -0.3 is 9.80 Å². The Kier molecular flexibility index (Phi) is 5.22. The largest absolute Gasteiger partial charge is 0.337 e. The van der Waals surface area contributed by atoms with Crippen molar-refractivity contribution in [3.8, 4) is 0 Å². The van der Waals surface area contributed by atoms with Crippen molar-refractivity contribution in [3.63, 3.8) is 0 Å². The maximum atomic E-state index is 12.7. The molecule has 0 bridgehead atoms. The number of carbonyl (C=O) groups is 1.